The number of halogens is 2. The molecule has 0 spiro atoms. The number of nitrogens with zero attached hydrogens (tertiary/aromatic N) is 1. The van der Waals surface area contributed by atoms with Gasteiger partial charge in [-0.3, -0.25) is 14.5 Å². The van der Waals surface area contributed by atoms with Crippen LogP contribution in [0.1, 0.15) is 49.3 Å². The number of benzene rings is 3. The number of H-pyrrole nitrogens is 1. The highest BCUT2D eigenvalue weighted by Gasteiger charge is 2.34. The average Bonchev–Trinajstić information content (AvgIpc) is 3.32. The number of aromatic nitrogens is 1. The molecule has 2 N–H and O–H groups in total. The van der Waals surface area contributed by atoms with Crippen LogP contribution in [0.3, 0.4) is 0 Å². The summed E-state index contributed by atoms with van der Waals surface area (Å²) in [6.07, 6.45) is 7.35. The molecule has 0 aliphatic heterocycles. The number of rotatable bonds is 7. The molecule has 1 aliphatic rings. The molecule has 0 saturated heterocycles. The van der Waals surface area contributed by atoms with Crippen molar-refractivity contribution in [3.63, 3.8) is 0 Å². The third kappa shape index (κ3) is 5.91. The van der Waals surface area contributed by atoms with Crippen molar-refractivity contribution in [2.45, 2.75) is 50.6 Å². The van der Waals surface area contributed by atoms with Gasteiger partial charge in [-0.1, -0.05) is 77.1 Å². The molecule has 1 aliphatic carbocycles. The zero-order valence-corrected chi connectivity index (χ0v) is 22.8. The first kappa shape index (κ1) is 25.6. The van der Waals surface area contributed by atoms with Gasteiger partial charge in [-0.05, 0) is 66.4 Å². The average molecular weight is 579 g/mol. The zero-order valence-electron chi connectivity index (χ0n) is 20.4. The molecule has 1 heterocycles. The zero-order chi connectivity index (χ0) is 25.8. The number of para-hydroxylation sites is 1. The number of hydrogen-bond donors (Lipinski definition) is 2. The fourth-order valence-corrected chi connectivity index (χ4v) is 5.54. The molecule has 1 fully saturated rings. The molecule has 3 aromatic carbocycles. The van der Waals surface area contributed by atoms with Gasteiger partial charge >= 0.3 is 0 Å². The summed E-state index contributed by atoms with van der Waals surface area (Å²) in [6.45, 7) is 0. The molecule has 1 aromatic heterocycles. The van der Waals surface area contributed by atoms with Crippen molar-refractivity contribution in [2.24, 2.45) is 0 Å². The topological polar surface area (TPSA) is 65.2 Å². The van der Waals surface area contributed by atoms with Gasteiger partial charge in [0.25, 0.3) is 0 Å². The van der Waals surface area contributed by atoms with Crippen LogP contribution in [0.25, 0.3) is 10.9 Å². The largest absolute Gasteiger partial charge is 0.361 e. The van der Waals surface area contributed by atoms with Crippen LogP contribution in [0, 0.1) is 0 Å². The van der Waals surface area contributed by atoms with Crippen molar-refractivity contribution < 1.29 is 9.59 Å². The quantitative estimate of drug-likeness (QED) is 0.241. The Kier molecular flexibility index (Phi) is 7.96. The van der Waals surface area contributed by atoms with Gasteiger partial charge in [-0.25, -0.2) is 0 Å². The highest BCUT2D eigenvalue weighted by molar-refractivity contribution is 9.10. The summed E-state index contributed by atoms with van der Waals surface area (Å²) < 4.78 is 0.898. The van der Waals surface area contributed by atoms with Crippen LogP contribution in [0.2, 0.25) is 5.02 Å². The van der Waals surface area contributed by atoms with Gasteiger partial charge < -0.3 is 10.3 Å². The lowest BCUT2D eigenvalue weighted by Crippen LogP contribution is -2.47. The van der Waals surface area contributed by atoms with E-state index in [2.05, 4.69) is 26.2 Å². The molecule has 1 atom stereocenters. The van der Waals surface area contributed by atoms with E-state index in [9.17, 15) is 9.59 Å². The Morgan fingerprint density at radius 1 is 0.973 bits per heavy atom. The van der Waals surface area contributed by atoms with E-state index < -0.39 is 6.04 Å². The lowest BCUT2D eigenvalue weighted by Gasteiger charge is -2.33. The number of carbonyl (C=O) groups excluding carboxylic acids is 2. The maximum atomic E-state index is 14.1. The molecule has 5 rings (SSSR count). The van der Waals surface area contributed by atoms with Crippen molar-refractivity contribution in [1.82, 2.24) is 10.3 Å². The van der Waals surface area contributed by atoms with Crippen LogP contribution in [-0.2, 0) is 16.0 Å². The summed E-state index contributed by atoms with van der Waals surface area (Å²) in [5.74, 6) is -0.338. The minimum absolute atomic E-state index is 0.117. The molecule has 0 bridgehead atoms. The number of nitrogens with one attached hydrogen (secondary N) is 2. The van der Waals surface area contributed by atoms with E-state index in [0.717, 1.165) is 46.6 Å². The minimum atomic E-state index is -0.835. The molecule has 0 radical (unpaired) electrons. The molecule has 5 nitrogen and oxygen atoms in total. The summed E-state index contributed by atoms with van der Waals surface area (Å²) in [5, 5.41) is 4.84. The van der Waals surface area contributed by atoms with Crippen LogP contribution < -0.4 is 10.2 Å². The molecule has 4 aromatic rings. The molecule has 37 heavy (non-hydrogen) atoms. The van der Waals surface area contributed by atoms with Crippen LogP contribution in [0.5, 0.6) is 0 Å². The predicted octanol–water partition coefficient (Wildman–Crippen LogP) is 7.35. The summed E-state index contributed by atoms with van der Waals surface area (Å²) in [4.78, 5) is 32.9. The van der Waals surface area contributed by atoms with E-state index in [4.69, 9.17) is 11.6 Å². The number of anilines is 1. The third-order valence-corrected chi connectivity index (χ3v) is 7.81. The maximum Gasteiger partial charge on any atom is 0.248 e. The second-order valence-corrected chi connectivity index (χ2v) is 10.9. The Morgan fingerprint density at radius 3 is 2.41 bits per heavy atom. The van der Waals surface area contributed by atoms with E-state index in [0.29, 0.717) is 16.3 Å². The van der Waals surface area contributed by atoms with E-state index in [1.54, 1.807) is 17.0 Å². The number of aromatic amines is 1. The van der Waals surface area contributed by atoms with Gasteiger partial charge in [0.1, 0.15) is 6.04 Å². The van der Waals surface area contributed by atoms with Crippen LogP contribution in [0.4, 0.5) is 5.69 Å². The molecule has 7 heteroatoms. The van der Waals surface area contributed by atoms with Gasteiger partial charge in [0.05, 0.1) is 6.42 Å². The predicted molar refractivity (Wildman–Crippen MR) is 153 cm³/mol. The van der Waals surface area contributed by atoms with Crippen molar-refractivity contribution in [3.05, 3.63) is 99.6 Å². The van der Waals surface area contributed by atoms with E-state index in [1.807, 2.05) is 66.9 Å². The number of carbonyl (C=O) groups is 2. The van der Waals surface area contributed by atoms with E-state index >= 15 is 0 Å². The second-order valence-electron chi connectivity index (χ2n) is 9.57. The first-order chi connectivity index (χ1) is 18.0. The number of amides is 2. The van der Waals surface area contributed by atoms with Crippen molar-refractivity contribution in [3.8, 4) is 0 Å². The standard InChI is InChI=1S/C30H29BrClN3O2/c31-22-12-16-25(17-13-22)35(28(36)18-21-19-33-27-9-5-4-8-26(21)27)29(20-10-14-23(32)15-11-20)30(37)34-24-6-2-1-3-7-24/h4-5,8-17,19,24,29,33H,1-3,6-7,18H2,(H,34,37). The number of fused-ring (bicyclic) bond motifs is 1. The van der Waals surface area contributed by atoms with Gasteiger partial charge in [0, 0.05) is 38.3 Å². The maximum absolute atomic E-state index is 14.1. The first-order valence-corrected chi connectivity index (χ1v) is 13.8. The van der Waals surface area contributed by atoms with Crippen molar-refractivity contribution in [1.29, 1.82) is 0 Å². The van der Waals surface area contributed by atoms with Gasteiger partial charge in [0.15, 0.2) is 0 Å². The SMILES string of the molecule is O=C(NC1CCCCC1)C(c1ccc(Cl)cc1)N(C(=O)Cc1c[nH]c2ccccc12)c1ccc(Br)cc1. The normalized spacial score (nSPS) is 14.9. The third-order valence-electron chi connectivity index (χ3n) is 7.03. The van der Waals surface area contributed by atoms with Crippen LogP contribution >= 0.6 is 27.5 Å². The van der Waals surface area contributed by atoms with Gasteiger partial charge in [-0.2, -0.15) is 0 Å². The van der Waals surface area contributed by atoms with E-state index in [1.165, 1.54) is 6.42 Å². The highest BCUT2D eigenvalue weighted by Crippen LogP contribution is 2.32. The summed E-state index contributed by atoms with van der Waals surface area (Å²) in [7, 11) is 0. The summed E-state index contributed by atoms with van der Waals surface area (Å²) >= 11 is 9.68. The second kappa shape index (κ2) is 11.5. The fraction of sp³-hybridized carbons (Fsp3) is 0.267. The molecular formula is C30H29BrClN3O2. The number of hydrogen-bond acceptors (Lipinski definition) is 2. The van der Waals surface area contributed by atoms with Crippen molar-refractivity contribution in [2.75, 3.05) is 4.90 Å². The first-order valence-electron chi connectivity index (χ1n) is 12.7. The summed E-state index contributed by atoms with van der Waals surface area (Å²) in [6, 6.07) is 21.9. The Labute approximate surface area is 230 Å². The van der Waals surface area contributed by atoms with Crippen molar-refractivity contribution >= 4 is 55.9 Å². The Morgan fingerprint density at radius 2 is 1.68 bits per heavy atom. The molecule has 190 valence electrons. The molecule has 1 unspecified atom stereocenters. The lowest BCUT2D eigenvalue weighted by atomic mass is 9.94. The molecule has 2 amide bonds. The fourth-order valence-electron chi connectivity index (χ4n) is 5.15. The van der Waals surface area contributed by atoms with Crippen LogP contribution in [0.15, 0.2) is 83.5 Å². The van der Waals surface area contributed by atoms with Gasteiger partial charge in [0.2, 0.25) is 11.8 Å². The van der Waals surface area contributed by atoms with Crippen LogP contribution in [-0.4, -0.2) is 22.8 Å². The summed E-state index contributed by atoms with van der Waals surface area (Å²) in [5.41, 5.74) is 3.25. The van der Waals surface area contributed by atoms with Gasteiger partial charge in [-0.15, -0.1) is 0 Å². The Hall–Kier alpha value is -3.09. The minimum Gasteiger partial charge on any atom is -0.361 e. The molecule has 1 saturated carbocycles. The smallest absolute Gasteiger partial charge is 0.248 e. The lowest BCUT2D eigenvalue weighted by molar-refractivity contribution is -0.127. The highest BCUT2D eigenvalue weighted by atomic mass is 79.9. The Balaban J connectivity index is 1.55. The molecular weight excluding hydrogens is 550 g/mol. The van der Waals surface area contributed by atoms with E-state index in [-0.39, 0.29) is 24.3 Å². The monoisotopic (exact) mass is 577 g/mol. The Bertz CT molecular complexity index is 1380.